The second-order valence-electron chi connectivity index (χ2n) is 5.18. The third-order valence-electron chi connectivity index (χ3n) is 3.65. The number of aliphatic hydroxyl groups excluding tert-OH is 1. The number of hydrogen-bond donors (Lipinski definition) is 2. The Hall–Kier alpha value is -1.07. The van der Waals surface area contributed by atoms with Crippen molar-refractivity contribution in [3.63, 3.8) is 0 Å². The lowest BCUT2D eigenvalue weighted by molar-refractivity contribution is -0.121. The molecule has 5 heteroatoms. The molecule has 2 atom stereocenters. The van der Waals surface area contributed by atoms with Crippen LogP contribution < -0.4 is 5.32 Å². The Kier molecular flexibility index (Phi) is 6.33. The summed E-state index contributed by atoms with van der Waals surface area (Å²) >= 11 is 1.59. The number of carbonyl (C=O) groups is 1. The van der Waals surface area contributed by atoms with Crippen molar-refractivity contribution in [2.24, 2.45) is 5.92 Å². The topological polar surface area (TPSA) is 62.2 Å². The summed E-state index contributed by atoms with van der Waals surface area (Å²) < 4.78 is 0. The summed E-state index contributed by atoms with van der Waals surface area (Å²) in [6.07, 6.45) is 6.16. The van der Waals surface area contributed by atoms with Crippen LogP contribution >= 0.6 is 11.8 Å². The minimum atomic E-state index is -0.244. The molecule has 4 nitrogen and oxygen atoms in total. The molecule has 0 saturated heterocycles. The Labute approximate surface area is 124 Å². The van der Waals surface area contributed by atoms with Crippen LogP contribution in [0.3, 0.4) is 0 Å². The van der Waals surface area contributed by atoms with Crippen LogP contribution in [0.25, 0.3) is 0 Å². The maximum Gasteiger partial charge on any atom is 0.220 e. The number of rotatable bonds is 6. The lowest BCUT2D eigenvalue weighted by Crippen LogP contribution is -2.36. The molecule has 0 radical (unpaired) electrons. The van der Waals surface area contributed by atoms with E-state index >= 15 is 0 Å². The first-order chi connectivity index (χ1) is 9.75. The molecule has 1 aromatic rings. The molecule has 20 heavy (non-hydrogen) atoms. The molecule has 2 N–H and O–H groups in total. The summed E-state index contributed by atoms with van der Waals surface area (Å²) in [6, 6.07) is 5.77. The third-order valence-corrected chi connectivity index (χ3v) is 4.59. The lowest BCUT2D eigenvalue weighted by atomic mass is 9.86. The van der Waals surface area contributed by atoms with Gasteiger partial charge >= 0.3 is 0 Å². The molecule has 1 fully saturated rings. The van der Waals surface area contributed by atoms with Crippen LogP contribution in [0, 0.1) is 5.92 Å². The van der Waals surface area contributed by atoms with Gasteiger partial charge in [0.1, 0.15) is 0 Å². The van der Waals surface area contributed by atoms with Gasteiger partial charge in [0.15, 0.2) is 0 Å². The van der Waals surface area contributed by atoms with Crippen molar-refractivity contribution in [3.8, 4) is 0 Å². The van der Waals surface area contributed by atoms with E-state index in [-0.39, 0.29) is 17.9 Å². The summed E-state index contributed by atoms with van der Waals surface area (Å²) in [5.41, 5.74) is 0. The number of aliphatic hydroxyl groups is 1. The summed E-state index contributed by atoms with van der Waals surface area (Å²) in [5.74, 6) is 1.03. The van der Waals surface area contributed by atoms with Crippen molar-refractivity contribution in [1.82, 2.24) is 10.3 Å². The van der Waals surface area contributed by atoms with Crippen LogP contribution in [0.5, 0.6) is 0 Å². The van der Waals surface area contributed by atoms with Crippen LogP contribution in [-0.2, 0) is 4.79 Å². The van der Waals surface area contributed by atoms with Crippen LogP contribution in [0.1, 0.15) is 32.1 Å². The smallest absolute Gasteiger partial charge is 0.220 e. The number of hydrogen-bond acceptors (Lipinski definition) is 4. The van der Waals surface area contributed by atoms with Gasteiger partial charge in [-0.1, -0.05) is 18.9 Å². The summed E-state index contributed by atoms with van der Waals surface area (Å²) in [7, 11) is 0. The van der Waals surface area contributed by atoms with E-state index in [1.165, 1.54) is 0 Å². The fraction of sp³-hybridized carbons (Fsp3) is 0.600. The van der Waals surface area contributed by atoms with E-state index in [0.717, 1.165) is 36.5 Å². The largest absolute Gasteiger partial charge is 0.393 e. The van der Waals surface area contributed by atoms with Crippen LogP contribution in [0.15, 0.2) is 29.4 Å². The van der Waals surface area contributed by atoms with Gasteiger partial charge < -0.3 is 10.4 Å². The number of amides is 1. The average Bonchev–Trinajstić information content (AvgIpc) is 2.47. The van der Waals surface area contributed by atoms with Gasteiger partial charge in [-0.15, -0.1) is 11.8 Å². The van der Waals surface area contributed by atoms with Crippen molar-refractivity contribution >= 4 is 17.7 Å². The zero-order valence-corrected chi connectivity index (χ0v) is 12.4. The van der Waals surface area contributed by atoms with Gasteiger partial charge in [0.25, 0.3) is 0 Å². The molecule has 0 unspecified atom stereocenters. The highest BCUT2D eigenvalue weighted by molar-refractivity contribution is 7.99. The zero-order valence-electron chi connectivity index (χ0n) is 11.6. The predicted octanol–water partition coefficient (Wildman–Crippen LogP) is 2.23. The molecule has 1 aromatic heterocycles. The molecule has 1 aliphatic rings. The molecular formula is C15H22N2O2S. The van der Waals surface area contributed by atoms with E-state index < -0.39 is 0 Å². The predicted molar refractivity (Wildman–Crippen MR) is 80.6 cm³/mol. The van der Waals surface area contributed by atoms with Crippen LogP contribution in [-0.4, -0.2) is 34.4 Å². The first-order valence-corrected chi connectivity index (χ1v) is 8.23. The fourth-order valence-corrected chi connectivity index (χ4v) is 3.25. The molecule has 1 amide bonds. The Morgan fingerprint density at radius 3 is 3.00 bits per heavy atom. The number of nitrogens with zero attached hydrogens (tertiary/aromatic N) is 1. The first-order valence-electron chi connectivity index (χ1n) is 7.24. The maximum absolute atomic E-state index is 11.8. The number of aromatic nitrogens is 1. The second kappa shape index (κ2) is 8.27. The molecule has 0 spiro atoms. The van der Waals surface area contributed by atoms with Gasteiger partial charge in [0, 0.05) is 30.8 Å². The van der Waals surface area contributed by atoms with E-state index in [2.05, 4.69) is 10.3 Å². The molecule has 1 aliphatic carbocycles. The van der Waals surface area contributed by atoms with E-state index in [9.17, 15) is 9.90 Å². The lowest BCUT2D eigenvalue weighted by Gasteiger charge is -2.27. The van der Waals surface area contributed by atoms with Crippen molar-refractivity contribution < 1.29 is 9.90 Å². The van der Waals surface area contributed by atoms with Gasteiger partial charge in [-0.05, 0) is 25.0 Å². The quantitative estimate of drug-likeness (QED) is 0.790. The third kappa shape index (κ3) is 5.13. The molecule has 0 bridgehead atoms. The Morgan fingerprint density at radius 2 is 2.25 bits per heavy atom. The normalized spacial score (nSPS) is 22.4. The van der Waals surface area contributed by atoms with Gasteiger partial charge in [0.05, 0.1) is 11.1 Å². The molecule has 110 valence electrons. The number of thioether (sulfide) groups is 1. The first kappa shape index (κ1) is 15.3. The van der Waals surface area contributed by atoms with Crippen molar-refractivity contribution in [2.45, 2.75) is 43.2 Å². The Morgan fingerprint density at radius 1 is 1.40 bits per heavy atom. The van der Waals surface area contributed by atoms with Crippen LogP contribution in [0.4, 0.5) is 0 Å². The number of nitrogens with one attached hydrogen (secondary N) is 1. The highest BCUT2D eigenvalue weighted by Crippen LogP contribution is 2.23. The summed E-state index contributed by atoms with van der Waals surface area (Å²) in [5, 5.41) is 13.7. The monoisotopic (exact) mass is 294 g/mol. The highest BCUT2D eigenvalue weighted by atomic mass is 32.2. The number of carbonyl (C=O) groups excluding carboxylic acids is 1. The minimum absolute atomic E-state index is 0.0613. The Balaban J connectivity index is 1.60. The van der Waals surface area contributed by atoms with E-state index in [1.807, 2.05) is 18.2 Å². The summed E-state index contributed by atoms with van der Waals surface area (Å²) in [6.45, 7) is 0.605. The summed E-state index contributed by atoms with van der Waals surface area (Å²) in [4.78, 5) is 16.0. The molecule has 0 aliphatic heterocycles. The van der Waals surface area contributed by atoms with Gasteiger partial charge in [-0.3, -0.25) is 4.79 Å². The molecule has 1 heterocycles. The van der Waals surface area contributed by atoms with Gasteiger partial charge in [-0.25, -0.2) is 4.98 Å². The molecule has 2 rings (SSSR count). The molecular weight excluding hydrogens is 272 g/mol. The van der Waals surface area contributed by atoms with Crippen molar-refractivity contribution in [1.29, 1.82) is 0 Å². The van der Waals surface area contributed by atoms with Crippen molar-refractivity contribution in [3.05, 3.63) is 24.4 Å². The minimum Gasteiger partial charge on any atom is -0.393 e. The standard InChI is InChI=1S/C15H22N2O2S/c18-13-6-2-1-5-12(13)11-17-14(19)8-10-20-15-7-3-4-9-16-15/h3-4,7,9,12-13,18H,1-2,5-6,8,10-11H2,(H,17,19)/t12-,13+/m1/s1. The highest BCUT2D eigenvalue weighted by Gasteiger charge is 2.23. The SMILES string of the molecule is O=C(CCSc1ccccn1)NC[C@H]1CCCC[C@@H]1O. The molecule has 1 saturated carbocycles. The Bertz CT molecular complexity index is 414. The molecule has 0 aromatic carbocycles. The van der Waals surface area contributed by atoms with E-state index in [4.69, 9.17) is 0 Å². The van der Waals surface area contributed by atoms with Gasteiger partial charge in [-0.2, -0.15) is 0 Å². The van der Waals surface area contributed by atoms with Crippen LogP contribution in [0.2, 0.25) is 0 Å². The van der Waals surface area contributed by atoms with Crippen molar-refractivity contribution in [2.75, 3.05) is 12.3 Å². The zero-order chi connectivity index (χ0) is 14.2. The second-order valence-corrected chi connectivity index (χ2v) is 6.30. The van der Waals surface area contributed by atoms with E-state index in [1.54, 1.807) is 18.0 Å². The van der Waals surface area contributed by atoms with E-state index in [0.29, 0.717) is 13.0 Å². The number of pyridine rings is 1. The van der Waals surface area contributed by atoms with Gasteiger partial charge in [0.2, 0.25) is 5.91 Å². The maximum atomic E-state index is 11.8. The average molecular weight is 294 g/mol. The fourth-order valence-electron chi connectivity index (χ4n) is 2.44.